The van der Waals surface area contributed by atoms with Gasteiger partial charge in [0.15, 0.2) is 0 Å². The van der Waals surface area contributed by atoms with Gasteiger partial charge >= 0.3 is 5.97 Å². The lowest BCUT2D eigenvalue weighted by molar-refractivity contribution is -0.139. The molecule has 29 heavy (non-hydrogen) atoms. The predicted octanol–water partition coefficient (Wildman–Crippen LogP) is 3.73. The lowest BCUT2D eigenvalue weighted by Gasteiger charge is -2.38. The van der Waals surface area contributed by atoms with Crippen LogP contribution in [0.5, 0.6) is 5.75 Å². The molecule has 0 bridgehead atoms. The average molecular weight is 393 g/mol. The first-order valence-electron chi connectivity index (χ1n) is 10.1. The number of hydrogen-bond donors (Lipinski definition) is 2. The molecular weight excluding hydrogens is 366 g/mol. The van der Waals surface area contributed by atoms with Crippen molar-refractivity contribution in [3.05, 3.63) is 59.9 Å². The van der Waals surface area contributed by atoms with Gasteiger partial charge in [-0.3, -0.25) is 9.69 Å². The number of aliphatic carboxylic acids is 1. The zero-order valence-corrected chi connectivity index (χ0v) is 16.7. The van der Waals surface area contributed by atoms with E-state index in [1.54, 1.807) is 7.11 Å². The molecule has 1 saturated heterocycles. The summed E-state index contributed by atoms with van der Waals surface area (Å²) >= 11 is 0. The molecule has 1 fully saturated rings. The van der Waals surface area contributed by atoms with E-state index in [-0.39, 0.29) is 18.3 Å². The fourth-order valence-corrected chi connectivity index (χ4v) is 4.38. The Kier molecular flexibility index (Phi) is 5.81. The van der Waals surface area contributed by atoms with Gasteiger partial charge < -0.3 is 14.8 Å². The second-order valence-electron chi connectivity index (χ2n) is 7.90. The summed E-state index contributed by atoms with van der Waals surface area (Å²) in [6, 6.07) is 16.2. The Labute approximate surface area is 170 Å². The molecule has 2 N–H and O–H groups in total. The molecule has 3 aromatic rings. The fraction of sp³-hybridized carbons (Fsp3) is 0.391. The number of aromatic amines is 1. The third kappa shape index (κ3) is 4.77. The van der Waals surface area contributed by atoms with Gasteiger partial charge in [0.25, 0.3) is 0 Å². The quantitative estimate of drug-likeness (QED) is 0.640. The third-order valence-electron chi connectivity index (χ3n) is 5.85. The van der Waals surface area contributed by atoms with E-state index in [9.17, 15) is 9.90 Å². The summed E-state index contributed by atoms with van der Waals surface area (Å²) in [4.78, 5) is 22.0. The van der Waals surface area contributed by atoms with Gasteiger partial charge in [0.2, 0.25) is 0 Å². The van der Waals surface area contributed by atoms with E-state index in [0.29, 0.717) is 0 Å². The summed E-state index contributed by atoms with van der Waals surface area (Å²) in [6.45, 7) is 2.71. The topological polar surface area (TPSA) is 78.4 Å². The number of nitrogens with zero attached hydrogens (tertiary/aromatic N) is 2. The van der Waals surface area contributed by atoms with Gasteiger partial charge in [0.1, 0.15) is 11.6 Å². The minimum absolute atomic E-state index is 0.169. The van der Waals surface area contributed by atoms with Crippen LogP contribution in [0.1, 0.15) is 24.2 Å². The smallest absolute Gasteiger partial charge is 0.303 e. The molecule has 0 amide bonds. The van der Waals surface area contributed by atoms with Crippen LogP contribution >= 0.6 is 0 Å². The third-order valence-corrected chi connectivity index (χ3v) is 5.85. The molecule has 4 rings (SSSR count). The van der Waals surface area contributed by atoms with E-state index in [4.69, 9.17) is 9.72 Å². The Bertz CT molecular complexity index is 970. The Morgan fingerprint density at radius 3 is 2.83 bits per heavy atom. The van der Waals surface area contributed by atoms with Crippen molar-refractivity contribution in [2.45, 2.75) is 25.8 Å². The van der Waals surface area contributed by atoms with Crippen LogP contribution in [0.2, 0.25) is 0 Å². The van der Waals surface area contributed by atoms with Crippen molar-refractivity contribution in [3.8, 4) is 5.75 Å². The minimum Gasteiger partial charge on any atom is -0.497 e. The number of piperidine rings is 1. The van der Waals surface area contributed by atoms with Crippen LogP contribution in [0.4, 0.5) is 0 Å². The van der Waals surface area contributed by atoms with Crippen molar-refractivity contribution < 1.29 is 14.6 Å². The molecular formula is C23H27N3O3. The molecule has 2 heterocycles. The first kappa shape index (κ1) is 19.5. The number of nitrogens with one attached hydrogen (secondary N) is 1. The summed E-state index contributed by atoms with van der Waals surface area (Å²) in [5.41, 5.74) is 3.15. The number of carbonyl (C=O) groups is 1. The predicted molar refractivity (Wildman–Crippen MR) is 112 cm³/mol. The van der Waals surface area contributed by atoms with Crippen molar-refractivity contribution in [2.24, 2.45) is 11.8 Å². The number of aromatic nitrogens is 2. The largest absolute Gasteiger partial charge is 0.497 e. The number of likely N-dealkylation sites (tertiary alicyclic amines) is 1. The van der Waals surface area contributed by atoms with E-state index in [1.165, 1.54) is 5.56 Å². The number of H-pyrrole nitrogens is 1. The SMILES string of the molecule is COc1ccc2nc(C[C@H]3CN(Cc4ccccc4)CC[C@H]3CC(=O)O)[nH]c2c1. The van der Waals surface area contributed by atoms with Crippen molar-refractivity contribution in [1.82, 2.24) is 14.9 Å². The Hall–Kier alpha value is -2.86. The van der Waals surface area contributed by atoms with Gasteiger partial charge in [0.05, 0.1) is 18.1 Å². The van der Waals surface area contributed by atoms with Crippen molar-refractivity contribution in [2.75, 3.05) is 20.2 Å². The molecule has 6 nitrogen and oxygen atoms in total. The zero-order chi connectivity index (χ0) is 20.2. The molecule has 152 valence electrons. The van der Waals surface area contributed by atoms with Gasteiger partial charge in [-0.05, 0) is 42.5 Å². The average Bonchev–Trinajstić information content (AvgIpc) is 3.11. The molecule has 1 aliphatic rings. The molecule has 0 saturated carbocycles. The minimum atomic E-state index is -0.717. The Morgan fingerprint density at radius 1 is 1.24 bits per heavy atom. The van der Waals surface area contributed by atoms with Gasteiger partial charge in [-0.2, -0.15) is 0 Å². The molecule has 1 aliphatic heterocycles. The highest BCUT2D eigenvalue weighted by molar-refractivity contribution is 5.76. The number of fused-ring (bicyclic) bond motifs is 1. The maximum Gasteiger partial charge on any atom is 0.303 e. The van der Waals surface area contributed by atoms with Crippen LogP contribution in [0.25, 0.3) is 11.0 Å². The summed E-state index contributed by atoms with van der Waals surface area (Å²) < 4.78 is 5.29. The maximum absolute atomic E-state index is 11.4. The van der Waals surface area contributed by atoms with Crippen LogP contribution < -0.4 is 4.74 Å². The number of rotatable bonds is 7. The van der Waals surface area contributed by atoms with E-state index in [1.807, 2.05) is 24.3 Å². The highest BCUT2D eigenvalue weighted by Crippen LogP contribution is 2.30. The van der Waals surface area contributed by atoms with Crippen LogP contribution in [-0.4, -0.2) is 46.1 Å². The lowest BCUT2D eigenvalue weighted by atomic mass is 9.81. The first-order valence-corrected chi connectivity index (χ1v) is 10.1. The number of carboxylic acids is 1. The van der Waals surface area contributed by atoms with Crippen LogP contribution in [-0.2, 0) is 17.8 Å². The summed E-state index contributed by atoms with van der Waals surface area (Å²) in [6.07, 6.45) is 1.87. The second kappa shape index (κ2) is 8.66. The zero-order valence-electron chi connectivity index (χ0n) is 16.7. The monoisotopic (exact) mass is 393 g/mol. The Balaban J connectivity index is 1.51. The molecule has 6 heteroatoms. The number of carboxylic acid groups (broad SMARTS) is 1. The standard InChI is InChI=1S/C23H27N3O3/c1-29-19-7-8-20-21(13-19)25-22(24-20)11-18-15-26(10-9-17(18)12-23(27)28)14-16-5-3-2-4-6-16/h2-8,13,17-18H,9-12,14-15H2,1H3,(H,24,25)(H,27,28)/t17-,18-/m0/s1. The molecule has 2 atom stereocenters. The molecule has 2 aromatic carbocycles. The summed E-state index contributed by atoms with van der Waals surface area (Å²) in [7, 11) is 1.65. The molecule has 1 aromatic heterocycles. The maximum atomic E-state index is 11.4. The second-order valence-corrected chi connectivity index (χ2v) is 7.90. The van der Waals surface area contributed by atoms with Crippen molar-refractivity contribution >= 4 is 17.0 Å². The van der Waals surface area contributed by atoms with Gasteiger partial charge in [0, 0.05) is 32.0 Å². The summed E-state index contributed by atoms with van der Waals surface area (Å²) in [5.74, 6) is 1.41. The van der Waals surface area contributed by atoms with E-state index < -0.39 is 5.97 Å². The van der Waals surface area contributed by atoms with Crippen LogP contribution in [0, 0.1) is 11.8 Å². The van der Waals surface area contributed by atoms with Crippen LogP contribution in [0.3, 0.4) is 0 Å². The molecule has 0 unspecified atom stereocenters. The van der Waals surface area contributed by atoms with Crippen molar-refractivity contribution in [3.63, 3.8) is 0 Å². The first-order chi connectivity index (χ1) is 14.1. The number of hydrogen-bond acceptors (Lipinski definition) is 4. The lowest BCUT2D eigenvalue weighted by Crippen LogP contribution is -2.41. The number of methoxy groups -OCH3 is 1. The highest BCUT2D eigenvalue weighted by Gasteiger charge is 2.31. The van der Waals surface area contributed by atoms with E-state index in [0.717, 1.165) is 55.1 Å². The van der Waals surface area contributed by atoms with Crippen LogP contribution in [0.15, 0.2) is 48.5 Å². The molecule has 0 spiro atoms. The normalized spacial score (nSPS) is 20.0. The van der Waals surface area contributed by atoms with Gasteiger partial charge in [-0.25, -0.2) is 4.98 Å². The van der Waals surface area contributed by atoms with E-state index in [2.05, 4.69) is 34.1 Å². The highest BCUT2D eigenvalue weighted by atomic mass is 16.5. The molecule has 0 radical (unpaired) electrons. The van der Waals surface area contributed by atoms with Crippen molar-refractivity contribution in [1.29, 1.82) is 0 Å². The number of benzene rings is 2. The summed E-state index contributed by atoms with van der Waals surface area (Å²) in [5, 5.41) is 9.37. The Morgan fingerprint density at radius 2 is 2.07 bits per heavy atom. The molecule has 0 aliphatic carbocycles. The van der Waals surface area contributed by atoms with Gasteiger partial charge in [-0.15, -0.1) is 0 Å². The number of ether oxygens (including phenoxy) is 1. The van der Waals surface area contributed by atoms with Gasteiger partial charge in [-0.1, -0.05) is 30.3 Å². The fourth-order valence-electron chi connectivity index (χ4n) is 4.38. The number of imidazole rings is 1. The van der Waals surface area contributed by atoms with E-state index >= 15 is 0 Å².